The fraction of sp³-hybridized carbons (Fsp3) is 0.400. The van der Waals surface area contributed by atoms with Crippen LogP contribution in [0.1, 0.15) is 43.6 Å². The summed E-state index contributed by atoms with van der Waals surface area (Å²) in [5.41, 5.74) is 6.57. The Morgan fingerprint density at radius 1 is 1.33 bits per heavy atom. The summed E-state index contributed by atoms with van der Waals surface area (Å²) in [6.45, 7) is 6.53. The van der Waals surface area contributed by atoms with Gasteiger partial charge in [-0.1, -0.05) is 18.3 Å². The number of nitrogens with zero attached hydrogens (tertiary/aromatic N) is 4. The van der Waals surface area contributed by atoms with E-state index in [1.165, 1.54) is 12.5 Å². The number of hydrogen-bond donors (Lipinski definition) is 1. The predicted molar refractivity (Wildman–Crippen MR) is 108 cm³/mol. The van der Waals surface area contributed by atoms with Crippen molar-refractivity contribution in [3.8, 4) is 21.8 Å². The van der Waals surface area contributed by atoms with Crippen LogP contribution in [0.5, 0.6) is 0 Å². The molecule has 0 atom stereocenters. The molecule has 3 heterocycles. The van der Waals surface area contributed by atoms with Crippen molar-refractivity contribution in [1.82, 2.24) is 19.7 Å². The molecule has 0 spiro atoms. The molecule has 0 aliphatic heterocycles. The summed E-state index contributed by atoms with van der Waals surface area (Å²) in [7, 11) is 0. The molecule has 0 fully saturated rings. The van der Waals surface area contributed by atoms with Crippen molar-refractivity contribution in [2.75, 3.05) is 5.32 Å². The van der Waals surface area contributed by atoms with Gasteiger partial charge in [-0.3, -0.25) is 14.5 Å². The van der Waals surface area contributed by atoms with Crippen LogP contribution in [0.15, 0.2) is 18.3 Å². The van der Waals surface area contributed by atoms with Crippen molar-refractivity contribution < 1.29 is 4.79 Å². The van der Waals surface area contributed by atoms with Crippen LogP contribution in [0.25, 0.3) is 21.8 Å². The van der Waals surface area contributed by atoms with Crippen LogP contribution < -0.4 is 5.32 Å². The van der Waals surface area contributed by atoms with Crippen molar-refractivity contribution in [3.63, 3.8) is 0 Å². The van der Waals surface area contributed by atoms with Gasteiger partial charge in [-0.25, -0.2) is 4.98 Å². The van der Waals surface area contributed by atoms with Crippen LogP contribution in [-0.4, -0.2) is 25.7 Å². The zero-order valence-electron chi connectivity index (χ0n) is 15.9. The van der Waals surface area contributed by atoms with E-state index in [0.717, 1.165) is 65.4 Å². The third-order valence-corrected chi connectivity index (χ3v) is 5.73. The third-order valence-electron chi connectivity index (χ3n) is 4.71. The normalized spacial score (nSPS) is 13.0. The summed E-state index contributed by atoms with van der Waals surface area (Å²) in [6, 6.07) is 4.13. The van der Waals surface area contributed by atoms with Gasteiger partial charge in [-0.15, -0.1) is 0 Å². The molecule has 3 aromatic rings. The first-order valence-corrected chi connectivity index (χ1v) is 10.2. The smallest absolute Gasteiger partial charge is 0.223 e. The molecule has 1 aliphatic rings. The van der Waals surface area contributed by atoms with Crippen molar-refractivity contribution in [2.24, 2.45) is 0 Å². The Balaban J connectivity index is 1.88. The first kappa shape index (κ1) is 17.9. The summed E-state index contributed by atoms with van der Waals surface area (Å²) in [5.74, 6) is -0.0902. The molecule has 0 bridgehead atoms. The van der Waals surface area contributed by atoms with Gasteiger partial charge in [-0.05, 0) is 44.7 Å². The molecule has 0 saturated heterocycles. The standard InChI is InChI=1S/C20H23N5OS/c1-4-10-25-18-15(17(24-25)14-9-8-12(2)21-11-14)6-5-7-16-19(18)27-20(23-16)22-13(3)26/h8-9,11H,4-7,10H2,1-3H3,(H,22,23,26). The van der Waals surface area contributed by atoms with E-state index < -0.39 is 0 Å². The predicted octanol–water partition coefficient (Wildman–Crippen LogP) is 4.23. The van der Waals surface area contributed by atoms with E-state index in [4.69, 9.17) is 5.10 Å². The Bertz CT molecular complexity index is 987. The van der Waals surface area contributed by atoms with Crippen LogP contribution in [0, 0.1) is 6.92 Å². The zero-order chi connectivity index (χ0) is 19.0. The third kappa shape index (κ3) is 3.39. The lowest BCUT2D eigenvalue weighted by Crippen LogP contribution is -2.05. The van der Waals surface area contributed by atoms with Gasteiger partial charge in [-0.2, -0.15) is 5.10 Å². The van der Waals surface area contributed by atoms with Gasteiger partial charge in [0.1, 0.15) is 0 Å². The van der Waals surface area contributed by atoms with Crippen LogP contribution in [0.2, 0.25) is 0 Å². The van der Waals surface area contributed by atoms with Gasteiger partial charge in [0.05, 0.1) is 22.0 Å². The molecular formula is C20H23N5OS. The number of thiazole rings is 1. The van der Waals surface area contributed by atoms with Crippen LogP contribution in [0.4, 0.5) is 5.13 Å². The maximum absolute atomic E-state index is 11.5. The number of carbonyl (C=O) groups is 1. The number of carbonyl (C=O) groups excluding carboxylic acids is 1. The SMILES string of the molecule is CCCn1nc(-c2ccc(C)nc2)c2c1-c1sc(NC(C)=O)nc1CCC2. The molecule has 140 valence electrons. The van der Waals surface area contributed by atoms with E-state index in [9.17, 15) is 4.79 Å². The molecule has 3 aromatic heterocycles. The van der Waals surface area contributed by atoms with Crippen molar-refractivity contribution in [2.45, 2.75) is 53.0 Å². The Kier molecular flexibility index (Phi) is 4.78. The fourth-order valence-electron chi connectivity index (χ4n) is 3.55. The second-order valence-electron chi connectivity index (χ2n) is 6.92. The average Bonchev–Trinajstić information content (AvgIpc) is 3.12. The molecule has 0 saturated carbocycles. The van der Waals surface area contributed by atoms with E-state index in [1.54, 1.807) is 11.3 Å². The number of hydrogen-bond acceptors (Lipinski definition) is 5. The number of amides is 1. The van der Waals surface area contributed by atoms with E-state index in [1.807, 2.05) is 19.2 Å². The Morgan fingerprint density at radius 2 is 2.19 bits per heavy atom. The molecule has 0 unspecified atom stereocenters. The van der Waals surface area contributed by atoms with Crippen molar-refractivity contribution in [3.05, 3.63) is 35.3 Å². The highest BCUT2D eigenvalue weighted by molar-refractivity contribution is 7.19. The number of aryl methyl sites for hydroxylation is 3. The molecule has 1 aliphatic carbocycles. The molecule has 1 amide bonds. The topological polar surface area (TPSA) is 72.7 Å². The number of pyridine rings is 1. The van der Waals surface area contributed by atoms with Crippen molar-refractivity contribution in [1.29, 1.82) is 0 Å². The minimum Gasteiger partial charge on any atom is -0.302 e. The molecule has 4 rings (SSSR count). The van der Waals surface area contributed by atoms with E-state index in [2.05, 4.69) is 33.0 Å². The Morgan fingerprint density at radius 3 is 2.89 bits per heavy atom. The highest BCUT2D eigenvalue weighted by Gasteiger charge is 2.27. The number of rotatable bonds is 4. The average molecular weight is 382 g/mol. The maximum atomic E-state index is 11.5. The minimum absolute atomic E-state index is 0.0902. The first-order valence-electron chi connectivity index (χ1n) is 9.37. The fourth-order valence-corrected chi connectivity index (χ4v) is 4.68. The number of fused-ring (bicyclic) bond motifs is 3. The van der Waals surface area contributed by atoms with Crippen LogP contribution >= 0.6 is 11.3 Å². The highest BCUT2D eigenvalue weighted by Crippen LogP contribution is 2.42. The first-order chi connectivity index (χ1) is 13.1. The molecule has 6 nitrogen and oxygen atoms in total. The van der Waals surface area contributed by atoms with Gasteiger partial charge in [0.25, 0.3) is 0 Å². The molecule has 0 aromatic carbocycles. The Hall–Kier alpha value is -2.54. The van der Waals surface area contributed by atoms with Gasteiger partial charge >= 0.3 is 0 Å². The number of anilines is 1. The zero-order valence-corrected chi connectivity index (χ0v) is 16.7. The summed E-state index contributed by atoms with van der Waals surface area (Å²) < 4.78 is 2.12. The lowest BCUT2D eigenvalue weighted by atomic mass is 10.0. The second-order valence-corrected chi connectivity index (χ2v) is 7.92. The van der Waals surface area contributed by atoms with E-state index in [-0.39, 0.29) is 5.91 Å². The largest absolute Gasteiger partial charge is 0.302 e. The lowest BCUT2D eigenvalue weighted by Gasteiger charge is -2.05. The maximum Gasteiger partial charge on any atom is 0.223 e. The van der Waals surface area contributed by atoms with Crippen LogP contribution in [0.3, 0.4) is 0 Å². The van der Waals surface area contributed by atoms with E-state index in [0.29, 0.717) is 5.13 Å². The highest BCUT2D eigenvalue weighted by atomic mass is 32.1. The minimum atomic E-state index is -0.0902. The number of nitrogens with one attached hydrogen (secondary N) is 1. The van der Waals surface area contributed by atoms with Crippen LogP contribution in [-0.2, 0) is 24.2 Å². The Labute approximate surface area is 162 Å². The second kappa shape index (κ2) is 7.23. The van der Waals surface area contributed by atoms with Crippen molar-refractivity contribution >= 4 is 22.4 Å². The summed E-state index contributed by atoms with van der Waals surface area (Å²) in [6.07, 6.45) is 5.83. The monoisotopic (exact) mass is 381 g/mol. The molecule has 7 heteroatoms. The molecular weight excluding hydrogens is 358 g/mol. The summed E-state index contributed by atoms with van der Waals surface area (Å²) >= 11 is 1.55. The quantitative estimate of drug-likeness (QED) is 0.734. The molecule has 1 N–H and O–H groups in total. The van der Waals surface area contributed by atoms with Gasteiger partial charge in [0, 0.05) is 36.5 Å². The van der Waals surface area contributed by atoms with Gasteiger partial charge in [0.2, 0.25) is 5.91 Å². The van der Waals surface area contributed by atoms with E-state index >= 15 is 0 Å². The van der Waals surface area contributed by atoms with Gasteiger partial charge < -0.3 is 5.32 Å². The lowest BCUT2D eigenvalue weighted by molar-refractivity contribution is -0.114. The summed E-state index contributed by atoms with van der Waals surface area (Å²) in [4.78, 5) is 21.7. The van der Waals surface area contributed by atoms with Gasteiger partial charge in [0.15, 0.2) is 5.13 Å². The molecule has 27 heavy (non-hydrogen) atoms. The summed E-state index contributed by atoms with van der Waals surface area (Å²) in [5, 5.41) is 8.47. The molecule has 0 radical (unpaired) electrons. The number of aromatic nitrogens is 4.